The topological polar surface area (TPSA) is 17.8 Å². The van der Waals surface area contributed by atoms with Gasteiger partial charge in [0.15, 0.2) is 0 Å². The van der Waals surface area contributed by atoms with Crippen LogP contribution in [-0.4, -0.2) is 15.7 Å². The quantitative estimate of drug-likeness (QED) is 0.738. The molecule has 0 saturated heterocycles. The molecule has 0 bridgehead atoms. The third-order valence-electron chi connectivity index (χ3n) is 3.17. The highest BCUT2D eigenvalue weighted by molar-refractivity contribution is 6.18. The van der Waals surface area contributed by atoms with Crippen molar-refractivity contribution in [2.24, 2.45) is 5.92 Å². The Kier molecular flexibility index (Phi) is 4.97. The normalized spacial score (nSPS) is 12.6. The van der Waals surface area contributed by atoms with E-state index in [1.54, 1.807) is 12.1 Å². The number of rotatable bonds is 6. The van der Waals surface area contributed by atoms with Crippen LogP contribution in [0.25, 0.3) is 0 Å². The fraction of sp³-hybridized carbons (Fsp3) is 0.400. The molecule has 2 rings (SSSR count). The lowest BCUT2D eigenvalue weighted by Gasteiger charge is -2.12. The lowest BCUT2D eigenvalue weighted by molar-refractivity contribution is 0.575. The van der Waals surface area contributed by atoms with Crippen LogP contribution in [0.5, 0.6) is 0 Å². The fourth-order valence-corrected chi connectivity index (χ4v) is 2.41. The van der Waals surface area contributed by atoms with Crippen LogP contribution in [0.1, 0.15) is 18.1 Å². The summed E-state index contributed by atoms with van der Waals surface area (Å²) in [6, 6.07) is 6.72. The Morgan fingerprint density at radius 3 is 2.74 bits per heavy atom. The van der Waals surface area contributed by atoms with Crippen LogP contribution in [-0.2, 0) is 19.4 Å². The molecule has 4 heteroatoms. The average molecular weight is 281 g/mol. The molecule has 1 aromatic heterocycles. The summed E-state index contributed by atoms with van der Waals surface area (Å²) in [5.41, 5.74) is 2.18. The monoisotopic (exact) mass is 280 g/mol. The van der Waals surface area contributed by atoms with Crippen molar-refractivity contribution in [1.29, 1.82) is 0 Å². The number of nitrogens with zero attached hydrogens (tertiary/aromatic N) is 2. The van der Waals surface area contributed by atoms with E-state index in [-0.39, 0.29) is 5.82 Å². The van der Waals surface area contributed by atoms with Gasteiger partial charge in [0.1, 0.15) is 5.82 Å². The molecule has 1 unspecified atom stereocenters. The van der Waals surface area contributed by atoms with E-state index in [0.717, 1.165) is 24.9 Å². The van der Waals surface area contributed by atoms with Gasteiger partial charge in [-0.05, 0) is 48.9 Å². The van der Waals surface area contributed by atoms with E-state index in [4.69, 9.17) is 11.6 Å². The first-order valence-corrected chi connectivity index (χ1v) is 7.06. The molecule has 0 radical (unpaired) electrons. The fourth-order valence-electron chi connectivity index (χ4n) is 2.20. The molecule has 1 aromatic carbocycles. The molecular weight excluding hydrogens is 263 g/mol. The van der Waals surface area contributed by atoms with Gasteiger partial charge in [0, 0.05) is 18.6 Å². The van der Waals surface area contributed by atoms with Gasteiger partial charge in [0.25, 0.3) is 0 Å². The molecule has 0 aliphatic heterocycles. The Balaban J connectivity index is 2.00. The summed E-state index contributed by atoms with van der Waals surface area (Å²) in [5, 5.41) is 4.26. The summed E-state index contributed by atoms with van der Waals surface area (Å²) < 4.78 is 15.1. The second kappa shape index (κ2) is 6.71. The van der Waals surface area contributed by atoms with Crippen LogP contribution in [0, 0.1) is 11.7 Å². The predicted molar refractivity (Wildman–Crippen MR) is 75.9 cm³/mol. The van der Waals surface area contributed by atoms with Gasteiger partial charge >= 0.3 is 0 Å². The van der Waals surface area contributed by atoms with Gasteiger partial charge in [-0.1, -0.05) is 12.1 Å². The Morgan fingerprint density at radius 2 is 2.11 bits per heavy atom. The number of benzene rings is 1. The third kappa shape index (κ3) is 4.06. The van der Waals surface area contributed by atoms with Crippen molar-refractivity contribution in [3.63, 3.8) is 0 Å². The van der Waals surface area contributed by atoms with E-state index in [2.05, 4.69) is 12.0 Å². The molecule has 0 amide bonds. The molecule has 0 aliphatic carbocycles. The molecule has 0 N–H and O–H groups in total. The van der Waals surface area contributed by atoms with Crippen molar-refractivity contribution in [2.45, 2.75) is 26.3 Å². The maximum Gasteiger partial charge on any atom is 0.123 e. The second-order valence-corrected chi connectivity index (χ2v) is 5.07. The van der Waals surface area contributed by atoms with Gasteiger partial charge in [0.05, 0.1) is 6.20 Å². The highest BCUT2D eigenvalue weighted by Crippen LogP contribution is 2.16. The number of aryl methyl sites for hydroxylation is 1. The maximum absolute atomic E-state index is 13.2. The lowest BCUT2D eigenvalue weighted by Crippen LogP contribution is -2.10. The molecule has 19 heavy (non-hydrogen) atoms. The second-order valence-electron chi connectivity index (χ2n) is 4.76. The number of aromatic nitrogens is 2. The standard InChI is InChI=1S/C15H18ClFN2/c1-2-19-11-14(10-18-19)7-13(9-16)6-12-4-3-5-15(17)8-12/h3-5,8,10-11,13H,2,6-7,9H2,1H3. The Bertz CT molecular complexity index is 524. The highest BCUT2D eigenvalue weighted by Gasteiger charge is 2.11. The molecule has 0 aliphatic rings. The summed E-state index contributed by atoms with van der Waals surface area (Å²) in [6.45, 7) is 2.93. The summed E-state index contributed by atoms with van der Waals surface area (Å²) in [4.78, 5) is 0. The molecule has 2 nitrogen and oxygen atoms in total. The highest BCUT2D eigenvalue weighted by atomic mass is 35.5. The van der Waals surface area contributed by atoms with Crippen LogP contribution < -0.4 is 0 Å². The van der Waals surface area contributed by atoms with Gasteiger partial charge in [-0.3, -0.25) is 4.68 Å². The van der Waals surface area contributed by atoms with Crippen LogP contribution in [0.3, 0.4) is 0 Å². The van der Waals surface area contributed by atoms with Crippen molar-refractivity contribution >= 4 is 11.6 Å². The third-order valence-corrected chi connectivity index (χ3v) is 3.60. The number of hydrogen-bond acceptors (Lipinski definition) is 1. The average Bonchev–Trinajstić information content (AvgIpc) is 2.85. The molecule has 1 heterocycles. The summed E-state index contributed by atoms with van der Waals surface area (Å²) in [5.74, 6) is 0.677. The van der Waals surface area contributed by atoms with Gasteiger partial charge in [0.2, 0.25) is 0 Å². The number of hydrogen-bond donors (Lipinski definition) is 0. The van der Waals surface area contributed by atoms with E-state index < -0.39 is 0 Å². The zero-order valence-electron chi connectivity index (χ0n) is 11.0. The van der Waals surface area contributed by atoms with Crippen molar-refractivity contribution in [3.8, 4) is 0 Å². The Hall–Kier alpha value is -1.35. The van der Waals surface area contributed by atoms with E-state index >= 15 is 0 Å². The summed E-state index contributed by atoms with van der Waals surface area (Å²) >= 11 is 6.03. The minimum absolute atomic E-state index is 0.190. The molecule has 1 atom stereocenters. The van der Waals surface area contributed by atoms with Gasteiger partial charge in [-0.25, -0.2) is 4.39 Å². The number of halogens is 2. The zero-order chi connectivity index (χ0) is 13.7. The number of alkyl halides is 1. The van der Waals surface area contributed by atoms with Gasteiger partial charge in [-0.2, -0.15) is 5.10 Å². The van der Waals surface area contributed by atoms with E-state index in [9.17, 15) is 4.39 Å². The maximum atomic E-state index is 13.2. The van der Waals surface area contributed by atoms with Gasteiger partial charge in [-0.15, -0.1) is 11.6 Å². The molecule has 0 saturated carbocycles. The van der Waals surface area contributed by atoms with Crippen molar-refractivity contribution in [1.82, 2.24) is 9.78 Å². The first kappa shape index (κ1) is 14.1. The summed E-state index contributed by atoms with van der Waals surface area (Å²) in [7, 11) is 0. The van der Waals surface area contributed by atoms with Crippen LogP contribution in [0.15, 0.2) is 36.7 Å². The Morgan fingerprint density at radius 1 is 1.32 bits per heavy atom. The van der Waals surface area contributed by atoms with Crippen LogP contribution in [0.4, 0.5) is 4.39 Å². The van der Waals surface area contributed by atoms with Crippen LogP contribution in [0.2, 0.25) is 0 Å². The first-order chi connectivity index (χ1) is 9.21. The van der Waals surface area contributed by atoms with Crippen LogP contribution >= 0.6 is 11.6 Å². The zero-order valence-corrected chi connectivity index (χ0v) is 11.8. The Labute approximate surface area is 118 Å². The largest absolute Gasteiger partial charge is 0.273 e. The summed E-state index contributed by atoms with van der Waals surface area (Å²) in [6.07, 6.45) is 5.60. The van der Waals surface area contributed by atoms with E-state index in [1.165, 1.54) is 11.6 Å². The van der Waals surface area contributed by atoms with Crippen molar-refractivity contribution < 1.29 is 4.39 Å². The van der Waals surface area contributed by atoms with Crippen molar-refractivity contribution in [3.05, 3.63) is 53.6 Å². The SMILES string of the molecule is CCn1cc(CC(CCl)Cc2cccc(F)c2)cn1. The molecule has 2 aromatic rings. The molecule has 0 fully saturated rings. The lowest BCUT2D eigenvalue weighted by atomic mass is 9.95. The molecule has 102 valence electrons. The first-order valence-electron chi connectivity index (χ1n) is 6.53. The van der Waals surface area contributed by atoms with Crippen molar-refractivity contribution in [2.75, 3.05) is 5.88 Å². The minimum atomic E-state index is -0.190. The van der Waals surface area contributed by atoms with E-state index in [0.29, 0.717) is 11.8 Å². The van der Waals surface area contributed by atoms with Gasteiger partial charge < -0.3 is 0 Å². The molecule has 0 spiro atoms. The predicted octanol–water partition coefficient (Wildman–Crippen LogP) is 3.68. The van der Waals surface area contributed by atoms with E-state index in [1.807, 2.05) is 23.1 Å². The molecular formula is C15H18ClFN2. The smallest absolute Gasteiger partial charge is 0.123 e. The minimum Gasteiger partial charge on any atom is -0.273 e.